The molecule has 5 heteroatoms. The maximum absolute atomic E-state index is 5.59. The van der Waals surface area contributed by atoms with E-state index in [2.05, 4.69) is 28.1 Å². The van der Waals surface area contributed by atoms with E-state index in [0.29, 0.717) is 0 Å². The van der Waals surface area contributed by atoms with Gasteiger partial charge in [-0.25, -0.2) is 0 Å². The van der Waals surface area contributed by atoms with E-state index < -0.39 is 0 Å². The Bertz CT molecular complexity index is 408. The van der Waals surface area contributed by atoms with Gasteiger partial charge in [0.15, 0.2) is 0 Å². The van der Waals surface area contributed by atoms with Crippen molar-refractivity contribution < 1.29 is 0 Å². The van der Waals surface area contributed by atoms with Crippen molar-refractivity contribution in [3.05, 3.63) is 38.5 Å². The van der Waals surface area contributed by atoms with Gasteiger partial charge in [-0.15, -0.1) is 11.3 Å². The third-order valence-electron chi connectivity index (χ3n) is 2.36. The van der Waals surface area contributed by atoms with Crippen LogP contribution in [0.15, 0.2) is 22.5 Å². The van der Waals surface area contributed by atoms with Crippen LogP contribution in [-0.4, -0.2) is 4.98 Å². The minimum absolute atomic E-state index is 0.191. The summed E-state index contributed by atoms with van der Waals surface area (Å²) < 4.78 is 0. The lowest BCUT2D eigenvalue weighted by atomic mass is 10.0. The molecular weight excluding hydrogens is 226 g/mol. The zero-order valence-electron chi connectivity index (χ0n) is 8.43. The van der Waals surface area contributed by atoms with Crippen LogP contribution in [0.4, 0.5) is 0 Å². The molecule has 2 rings (SSSR count). The number of aromatic nitrogens is 1. The van der Waals surface area contributed by atoms with Gasteiger partial charge in [0.25, 0.3) is 0 Å². The third kappa shape index (κ3) is 2.43. The quantitative estimate of drug-likeness (QED) is 0.635. The molecule has 0 aliphatic heterocycles. The number of aryl methyl sites for hydroxylation is 1. The lowest BCUT2D eigenvalue weighted by Crippen LogP contribution is -2.29. The van der Waals surface area contributed by atoms with Crippen LogP contribution in [0, 0.1) is 6.92 Å². The van der Waals surface area contributed by atoms with Crippen molar-refractivity contribution in [2.24, 2.45) is 5.84 Å². The molecule has 0 amide bonds. The lowest BCUT2D eigenvalue weighted by Gasteiger charge is -2.14. The maximum atomic E-state index is 5.59. The highest BCUT2D eigenvalue weighted by atomic mass is 32.1. The van der Waals surface area contributed by atoms with Gasteiger partial charge in [0.1, 0.15) is 0 Å². The highest BCUT2D eigenvalue weighted by Crippen LogP contribution is 2.25. The zero-order valence-corrected chi connectivity index (χ0v) is 10.1. The molecule has 3 N–H and O–H groups in total. The van der Waals surface area contributed by atoms with Crippen molar-refractivity contribution in [3.63, 3.8) is 0 Å². The van der Waals surface area contributed by atoms with Gasteiger partial charge in [-0.05, 0) is 28.8 Å². The Hall–Kier alpha value is -0.750. The largest absolute Gasteiger partial charge is 0.271 e. The Morgan fingerprint density at radius 3 is 2.93 bits per heavy atom. The van der Waals surface area contributed by atoms with Crippen molar-refractivity contribution in [1.82, 2.24) is 10.4 Å². The first-order chi connectivity index (χ1) is 7.31. The fourth-order valence-corrected chi connectivity index (χ4v) is 3.08. The highest BCUT2D eigenvalue weighted by Gasteiger charge is 2.14. The molecule has 80 valence electrons. The van der Waals surface area contributed by atoms with Gasteiger partial charge in [0, 0.05) is 17.5 Å². The van der Waals surface area contributed by atoms with Crippen molar-refractivity contribution >= 4 is 22.7 Å². The molecule has 0 aromatic carbocycles. The second kappa shape index (κ2) is 4.85. The van der Waals surface area contributed by atoms with E-state index in [1.54, 1.807) is 22.7 Å². The van der Waals surface area contributed by atoms with Crippen LogP contribution in [0.2, 0.25) is 0 Å². The van der Waals surface area contributed by atoms with Crippen LogP contribution in [0.3, 0.4) is 0 Å². The molecule has 0 radical (unpaired) electrons. The number of hydrogen-bond acceptors (Lipinski definition) is 5. The highest BCUT2D eigenvalue weighted by molar-refractivity contribution is 7.09. The standard InChI is InChI=1S/C10H13N3S2/c1-7-4-14-5-9(7)10(13-11)2-8-3-12-6-15-8/h3-6,10,13H,2,11H2,1H3. The number of thiophene rings is 1. The molecule has 0 saturated carbocycles. The number of thiazole rings is 1. The molecule has 0 aliphatic carbocycles. The summed E-state index contributed by atoms with van der Waals surface area (Å²) in [6.45, 7) is 2.11. The molecule has 2 aromatic rings. The topological polar surface area (TPSA) is 50.9 Å². The van der Waals surface area contributed by atoms with Gasteiger partial charge >= 0.3 is 0 Å². The molecule has 0 bridgehead atoms. The van der Waals surface area contributed by atoms with Crippen LogP contribution in [0.25, 0.3) is 0 Å². The second-order valence-corrected chi connectivity index (χ2v) is 5.12. The minimum atomic E-state index is 0.191. The van der Waals surface area contributed by atoms with E-state index in [-0.39, 0.29) is 6.04 Å². The Morgan fingerprint density at radius 1 is 1.53 bits per heavy atom. The SMILES string of the molecule is Cc1cscc1C(Cc1cncs1)NN. The first-order valence-corrected chi connectivity index (χ1v) is 6.49. The number of nitrogens with one attached hydrogen (secondary N) is 1. The molecule has 0 saturated heterocycles. The maximum Gasteiger partial charge on any atom is 0.0794 e. The summed E-state index contributed by atoms with van der Waals surface area (Å²) in [5, 5.41) is 4.30. The van der Waals surface area contributed by atoms with E-state index in [9.17, 15) is 0 Å². The van der Waals surface area contributed by atoms with Crippen LogP contribution >= 0.6 is 22.7 Å². The second-order valence-electron chi connectivity index (χ2n) is 3.40. The molecule has 1 atom stereocenters. The van der Waals surface area contributed by atoms with Crippen LogP contribution in [0.5, 0.6) is 0 Å². The average molecular weight is 239 g/mol. The van der Waals surface area contributed by atoms with E-state index in [1.807, 2.05) is 11.7 Å². The third-order valence-corrected chi connectivity index (χ3v) is 4.04. The first-order valence-electron chi connectivity index (χ1n) is 4.67. The van der Waals surface area contributed by atoms with Crippen LogP contribution < -0.4 is 11.3 Å². The van der Waals surface area contributed by atoms with Gasteiger partial charge in [-0.3, -0.25) is 16.3 Å². The summed E-state index contributed by atoms with van der Waals surface area (Å²) in [7, 11) is 0. The van der Waals surface area contributed by atoms with Crippen molar-refractivity contribution in [1.29, 1.82) is 0 Å². The van der Waals surface area contributed by atoms with Crippen molar-refractivity contribution in [3.8, 4) is 0 Å². The minimum Gasteiger partial charge on any atom is -0.271 e. The molecule has 0 aliphatic rings. The fourth-order valence-electron chi connectivity index (χ4n) is 1.53. The Kier molecular flexibility index (Phi) is 3.48. The van der Waals surface area contributed by atoms with Crippen LogP contribution in [-0.2, 0) is 6.42 Å². The van der Waals surface area contributed by atoms with E-state index in [0.717, 1.165) is 6.42 Å². The molecule has 0 spiro atoms. The van der Waals surface area contributed by atoms with Crippen molar-refractivity contribution in [2.45, 2.75) is 19.4 Å². The summed E-state index contributed by atoms with van der Waals surface area (Å²) in [4.78, 5) is 5.32. The monoisotopic (exact) mass is 239 g/mol. The van der Waals surface area contributed by atoms with Crippen molar-refractivity contribution in [2.75, 3.05) is 0 Å². The molecule has 2 aromatic heterocycles. The Morgan fingerprint density at radius 2 is 2.40 bits per heavy atom. The number of nitrogens with two attached hydrogens (primary N) is 1. The van der Waals surface area contributed by atoms with Gasteiger partial charge in [0.05, 0.1) is 11.6 Å². The molecule has 3 nitrogen and oxygen atoms in total. The van der Waals surface area contributed by atoms with E-state index in [4.69, 9.17) is 5.84 Å². The summed E-state index contributed by atoms with van der Waals surface area (Å²) in [5.41, 5.74) is 7.31. The normalized spacial score (nSPS) is 12.9. The lowest BCUT2D eigenvalue weighted by molar-refractivity contribution is 0.554. The molecule has 0 fully saturated rings. The van der Waals surface area contributed by atoms with Crippen LogP contribution in [0.1, 0.15) is 22.0 Å². The molecular formula is C10H13N3S2. The molecule has 2 heterocycles. The summed E-state index contributed by atoms with van der Waals surface area (Å²) in [6.07, 6.45) is 2.80. The number of hydrazine groups is 1. The number of rotatable bonds is 4. The van der Waals surface area contributed by atoms with E-state index >= 15 is 0 Å². The smallest absolute Gasteiger partial charge is 0.0794 e. The average Bonchev–Trinajstić information content (AvgIpc) is 2.85. The predicted molar refractivity (Wildman–Crippen MR) is 64.9 cm³/mol. The Balaban J connectivity index is 2.15. The fraction of sp³-hybridized carbons (Fsp3) is 0.300. The number of nitrogens with zero attached hydrogens (tertiary/aromatic N) is 1. The first kappa shape index (κ1) is 10.8. The molecule has 1 unspecified atom stereocenters. The summed E-state index contributed by atoms with van der Waals surface area (Å²) in [5.74, 6) is 5.59. The van der Waals surface area contributed by atoms with E-state index in [1.165, 1.54) is 16.0 Å². The van der Waals surface area contributed by atoms with Gasteiger partial charge < -0.3 is 0 Å². The summed E-state index contributed by atoms with van der Waals surface area (Å²) in [6, 6.07) is 0.191. The zero-order chi connectivity index (χ0) is 10.7. The molecule has 15 heavy (non-hydrogen) atoms. The number of hydrogen-bond donors (Lipinski definition) is 2. The van der Waals surface area contributed by atoms with Gasteiger partial charge in [-0.2, -0.15) is 11.3 Å². The predicted octanol–water partition coefficient (Wildman–Crippen LogP) is 2.26. The van der Waals surface area contributed by atoms with Gasteiger partial charge in [0.2, 0.25) is 0 Å². The van der Waals surface area contributed by atoms with Gasteiger partial charge in [-0.1, -0.05) is 0 Å². The summed E-state index contributed by atoms with van der Waals surface area (Å²) >= 11 is 3.38. The Labute approximate surface area is 96.9 Å².